The molecule has 1 saturated carbocycles. The highest BCUT2D eigenvalue weighted by Crippen LogP contribution is 2.19. The topological polar surface area (TPSA) is 80.3 Å². The lowest BCUT2D eigenvalue weighted by Gasteiger charge is -2.33. The number of amides is 2. The minimum Gasteiger partial charge on any atom is -0.444 e. The van der Waals surface area contributed by atoms with Crippen LogP contribution < -0.4 is 10.6 Å². The summed E-state index contributed by atoms with van der Waals surface area (Å²) in [6, 6.07) is 3.50. The van der Waals surface area contributed by atoms with Crippen molar-refractivity contribution in [2.45, 2.75) is 64.1 Å². The standard InChI is InChI=1S/C19H27N3O3/c1-19(2,3)25-18(24)22-16-9-5-4-8-15(16)21-17(23)11-10-14-7-6-12-20-13-14/h6-7,10-13,15-16H,4-5,8-9H2,1-3H3,(H,21,23)(H,22,24)/b11-10+. The maximum atomic E-state index is 12.2. The highest BCUT2D eigenvalue weighted by Gasteiger charge is 2.29. The molecule has 0 aliphatic heterocycles. The maximum Gasteiger partial charge on any atom is 0.407 e. The quantitative estimate of drug-likeness (QED) is 0.822. The molecule has 0 saturated heterocycles. The zero-order valence-corrected chi connectivity index (χ0v) is 15.1. The van der Waals surface area contributed by atoms with E-state index in [1.54, 1.807) is 18.5 Å². The number of rotatable bonds is 4. The van der Waals surface area contributed by atoms with Gasteiger partial charge in [-0.25, -0.2) is 4.79 Å². The van der Waals surface area contributed by atoms with Crippen LogP contribution in [0.15, 0.2) is 30.6 Å². The Morgan fingerprint density at radius 1 is 1.20 bits per heavy atom. The van der Waals surface area contributed by atoms with E-state index in [1.165, 1.54) is 6.08 Å². The van der Waals surface area contributed by atoms with Gasteiger partial charge in [-0.2, -0.15) is 0 Å². The zero-order valence-electron chi connectivity index (χ0n) is 15.1. The Hall–Kier alpha value is -2.37. The van der Waals surface area contributed by atoms with Gasteiger partial charge in [-0.3, -0.25) is 9.78 Å². The summed E-state index contributed by atoms with van der Waals surface area (Å²) < 4.78 is 5.32. The van der Waals surface area contributed by atoms with E-state index in [0.29, 0.717) is 0 Å². The van der Waals surface area contributed by atoms with Crippen molar-refractivity contribution in [1.82, 2.24) is 15.6 Å². The second-order valence-corrected chi connectivity index (χ2v) is 7.27. The second kappa shape index (κ2) is 8.65. The Balaban J connectivity index is 1.90. The first-order chi connectivity index (χ1) is 11.8. The number of alkyl carbamates (subject to hydrolysis) is 1. The molecule has 2 unspecified atom stereocenters. The third kappa shape index (κ3) is 6.95. The van der Waals surface area contributed by atoms with E-state index in [0.717, 1.165) is 31.2 Å². The molecule has 0 bridgehead atoms. The number of nitrogens with one attached hydrogen (secondary N) is 2. The molecule has 6 nitrogen and oxygen atoms in total. The second-order valence-electron chi connectivity index (χ2n) is 7.27. The highest BCUT2D eigenvalue weighted by molar-refractivity contribution is 5.91. The maximum absolute atomic E-state index is 12.2. The molecule has 1 heterocycles. The molecule has 2 amide bonds. The molecule has 0 spiro atoms. The van der Waals surface area contributed by atoms with Crippen LogP contribution in [0.25, 0.3) is 6.08 Å². The van der Waals surface area contributed by atoms with Gasteiger partial charge in [0.05, 0.1) is 6.04 Å². The summed E-state index contributed by atoms with van der Waals surface area (Å²) in [5.74, 6) is -0.174. The lowest BCUT2D eigenvalue weighted by molar-refractivity contribution is -0.117. The fraction of sp³-hybridized carbons (Fsp3) is 0.526. The molecule has 0 radical (unpaired) electrons. The summed E-state index contributed by atoms with van der Waals surface area (Å²) in [5, 5.41) is 5.89. The number of nitrogens with zero attached hydrogens (tertiary/aromatic N) is 1. The van der Waals surface area contributed by atoms with Crippen LogP contribution in [0, 0.1) is 0 Å². The van der Waals surface area contributed by atoms with E-state index in [-0.39, 0.29) is 18.0 Å². The van der Waals surface area contributed by atoms with E-state index in [1.807, 2.05) is 32.9 Å². The number of hydrogen-bond acceptors (Lipinski definition) is 4. The summed E-state index contributed by atoms with van der Waals surface area (Å²) in [5.41, 5.74) is 0.328. The van der Waals surface area contributed by atoms with Gasteiger partial charge in [-0.05, 0) is 51.3 Å². The van der Waals surface area contributed by atoms with E-state index < -0.39 is 11.7 Å². The molecule has 0 aromatic carbocycles. The van der Waals surface area contributed by atoms with Crippen LogP contribution in [0.5, 0.6) is 0 Å². The lowest BCUT2D eigenvalue weighted by Crippen LogP contribution is -2.53. The van der Waals surface area contributed by atoms with Crippen molar-refractivity contribution in [2.24, 2.45) is 0 Å². The number of ether oxygens (including phenoxy) is 1. The van der Waals surface area contributed by atoms with Crippen molar-refractivity contribution < 1.29 is 14.3 Å². The average Bonchev–Trinajstić information content (AvgIpc) is 2.54. The molecule has 1 aromatic heterocycles. The Bertz CT molecular complexity index is 608. The van der Waals surface area contributed by atoms with Gasteiger partial charge >= 0.3 is 6.09 Å². The lowest BCUT2D eigenvalue weighted by atomic mass is 9.90. The summed E-state index contributed by atoms with van der Waals surface area (Å²) in [6.07, 6.45) is 9.89. The van der Waals surface area contributed by atoms with Crippen LogP contribution in [0.2, 0.25) is 0 Å². The molecule has 2 N–H and O–H groups in total. The van der Waals surface area contributed by atoms with E-state index in [9.17, 15) is 9.59 Å². The van der Waals surface area contributed by atoms with Crippen molar-refractivity contribution >= 4 is 18.1 Å². The van der Waals surface area contributed by atoms with Crippen molar-refractivity contribution in [3.8, 4) is 0 Å². The Labute approximate surface area is 149 Å². The van der Waals surface area contributed by atoms with E-state index >= 15 is 0 Å². The minimum absolute atomic E-state index is 0.0904. The molecule has 25 heavy (non-hydrogen) atoms. The van der Waals surface area contributed by atoms with Crippen molar-refractivity contribution in [3.63, 3.8) is 0 Å². The minimum atomic E-state index is -0.538. The van der Waals surface area contributed by atoms with E-state index in [2.05, 4.69) is 15.6 Å². The molecule has 6 heteroatoms. The summed E-state index contributed by atoms with van der Waals surface area (Å²) in [7, 11) is 0. The van der Waals surface area contributed by atoms with Crippen molar-refractivity contribution in [2.75, 3.05) is 0 Å². The smallest absolute Gasteiger partial charge is 0.407 e. The third-order valence-electron chi connectivity index (χ3n) is 3.91. The predicted molar refractivity (Wildman–Crippen MR) is 96.8 cm³/mol. The number of carbonyl (C=O) groups excluding carboxylic acids is 2. The molecule has 1 aliphatic rings. The van der Waals surface area contributed by atoms with Crippen LogP contribution in [0.4, 0.5) is 4.79 Å². The van der Waals surface area contributed by atoms with Gasteiger partial charge in [0.2, 0.25) is 5.91 Å². The molecule has 1 fully saturated rings. The van der Waals surface area contributed by atoms with Gasteiger partial charge in [-0.15, -0.1) is 0 Å². The Morgan fingerprint density at radius 2 is 1.88 bits per heavy atom. The Kier molecular flexibility index (Phi) is 6.56. The van der Waals surface area contributed by atoms with Crippen LogP contribution in [0.1, 0.15) is 52.0 Å². The van der Waals surface area contributed by atoms with Crippen molar-refractivity contribution in [3.05, 3.63) is 36.2 Å². The highest BCUT2D eigenvalue weighted by atomic mass is 16.6. The van der Waals surface area contributed by atoms with Gasteiger partial charge in [0, 0.05) is 24.5 Å². The Morgan fingerprint density at radius 3 is 2.48 bits per heavy atom. The number of hydrogen-bond donors (Lipinski definition) is 2. The predicted octanol–water partition coefficient (Wildman–Crippen LogP) is 3.05. The molecule has 2 atom stereocenters. The van der Waals surface area contributed by atoms with Gasteiger partial charge in [0.25, 0.3) is 0 Å². The number of pyridine rings is 1. The van der Waals surface area contributed by atoms with Gasteiger partial charge in [-0.1, -0.05) is 18.9 Å². The number of aromatic nitrogens is 1. The molecule has 2 rings (SSSR count). The average molecular weight is 345 g/mol. The first-order valence-electron chi connectivity index (χ1n) is 8.71. The summed E-state index contributed by atoms with van der Waals surface area (Å²) in [4.78, 5) is 28.2. The number of carbonyl (C=O) groups is 2. The van der Waals surface area contributed by atoms with Crippen LogP contribution in [0.3, 0.4) is 0 Å². The summed E-state index contributed by atoms with van der Waals surface area (Å²) in [6.45, 7) is 5.49. The normalized spacial score (nSPS) is 20.9. The molecular weight excluding hydrogens is 318 g/mol. The molecule has 136 valence electrons. The monoisotopic (exact) mass is 345 g/mol. The van der Waals surface area contributed by atoms with Crippen LogP contribution in [-0.2, 0) is 9.53 Å². The fourth-order valence-corrected chi connectivity index (χ4v) is 2.81. The molecule has 1 aromatic rings. The molecule has 1 aliphatic carbocycles. The molecular formula is C19H27N3O3. The van der Waals surface area contributed by atoms with Gasteiger partial charge in [0.1, 0.15) is 5.60 Å². The van der Waals surface area contributed by atoms with Crippen LogP contribution in [-0.4, -0.2) is 34.7 Å². The third-order valence-corrected chi connectivity index (χ3v) is 3.91. The fourth-order valence-electron chi connectivity index (χ4n) is 2.81. The first kappa shape index (κ1) is 19.0. The van der Waals surface area contributed by atoms with Gasteiger partial charge < -0.3 is 15.4 Å². The van der Waals surface area contributed by atoms with Crippen LogP contribution >= 0.6 is 0 Å². The van der Waals surface area contributed by atoms with Crippen molar-refractivity contribution in [1.29, 1.82) is 0 Å². The first-order valence-corrected chi connectivity index (χ1v) is 8.71. The SMILES string of the molecule is CC(C)(C)OC(=O)NC1CCCCC1NC(=O)/C=C/c1cccnc1. The largest absolute Gasteiger partial charge is 0.444 e. The zero-order chi connectivity index (χ0) is 18.3. The van der Waals surface area contributed by atoms with Gasteiger partial charge in [0.15, 0.2) is 0 Å². The summed E-state index contributed by atoms with van der Waals surface area (Å²) >= 11 is 0. The van der Waals surface area contributed by atoms with E-state index in [4.69, 9.17) is 4.74 Å².